The van der Waals surface area contributed by atoms with Crippen LogP contribution < -0.4 is 11.1 Å². The van der Waals surface area contributed by atoms with Crippen LogP contribution >= 0.6 is 0 Å². The lowest BCUT2D eigenvalue weighted by Crippen LogP contribution is -2.54. The summed E-state index contributed by atoms with van der Waals surface area (Å²) in [5.41, 5.74) is 7.97. The van der Waals surface area contributed by atoms with Crippen molar-refractivity contribution in [3.8, 4) is 0 Å². The van der Waals surface area contributed by atoms with Crippen molar-refractivity contribution < 1.29 is 19.2 Å². The molecule has 3 saturated heterocycles. The number of nitrogens with zero attached hydrogens (tertiary/aromatic N) is 2. The van der Waals surface area contributed by atoms with Crippen molar-refractivity contribution >= 4 is 23.6 Å². The summed E-state index contributed by atoms with van der Waals surface area (Å²) >= 11 is 0. The average Bonchev–Trinajstić information content (AvgIpc) is 2.85. The lowest BCUT2D eigenvalue weighted by atomic mass is 9.81. The van der Waals surface area contributed by atoms with Crippen molar-refractivity contribution in [1.82, 2.24) is 15.1 Å². The average molecular weight is 410 g/mol. The Hall–Kier alpha value is -2.58. The van der Waals surface area contributed by atoms with Gasteiger partial charge in [-0.25, -0.2) is 0 Å². The first-order chi connectivity index (χ1) is 14.4. The van der Waals surface area contributed by atoms with Gasteiger partial charge in [-0.3, -0.25) is 34.3 Å². The predicted octanol–water partition coefficient (Wildman–Crippen LogP) is 0.647. The summed E-state index contributed by atoms with van der Waals surface area (Å²) < 4.78 is 0. The van der Waals surface area contributed by atoms with Gasteiger partial charge in [-0.05, 0) is 55.2 Å². The van der Waals surface area contributed by atoms with E-state index in [9.17, 15) is 19.2 Å². The largest absolute Gasteiger partial charge is 0.327 e. The highest BCUT2D eigenvalue weighted by Crippen LogP contribution is 2.34. The van der Waals surface area contributed by atoms with E-state index in [4.69, 9.17) is 5.73 Å². The molecule has 0 radical (unpaired) electrons. The Morgan fingerprint density at radius 3 is 2.57 bits per heavy atom. The minimum absolute atomic E-state index is 0.120. The monoisotopic (exact) mass is 410 g/mol. The Labute approximate surface area is 174 Å². The Bertz CT molecular complexity index is 945. The Morgan fingerprint density at radius 2 is 1.80 bits per heavy atom. The predicted molar refractivity (Wildman–Crippen MR) is 107 cm³/mol. The molecule has 30 heavy (non-hydrogen) atoms. The molecule has 6 rings (SSSR count). The smallest absolute Gasteiger partial charge is 0.262 e. The van der Waals surface area contributed by atoms with Crippen LogP contribution in [-0.2, 0) is 16.1 Å². The molecule has 1 saturated carbocycles. The molecule has 0 spiro atoms. The Kier molecular flexibility index (Phi) is 4.71. The van der Waals surface area contributed by atoms with E-state index in [1.165, 1.54) is 12.8 Å². The first kappa shape index (κ1) is 19.4. The number of hydrogen-bond donors (Lipinski definition) is 2. The molecule has 1 aromatic rings. The third-order valence-corrected chi connectivity index (χ3v) is 7.08. The van der Waals surface area contributed by atoms with Crippen LogP contribution in [0, 0.1) is 11.8 Å². The molecule has 3 N–H and O–H groups in total. The molecule has 0 aromatic heterocycles. The van der Waals surface area contributed by atoms with Gasteiger partial charge in [0.25, 0.3) is 11.8 Å². The fourth-order valence-electron chi connectivity index (χ4n) is 5.53. The summed E-state index contributed by atoms with van der Waals surface area (Å²) in [5, 5.41) is 2.22. The van der Waals surface area contributed by atoms with Crippen molar-refractivity contribution in [2.24, 2.45) is 17.6 Å². The Morgan fingerprint density at radius 1 is 1.00 bits per heavy atom. The summed E-state index contributed by atoms with van der Waals surface area (Å²) in [4.78, 5) is 52.9. The van der Waals surface area contributed by atoms with Gasteiger partial charge >= 0.3 is 0 Å². The van der Waals surface area contributed by atoms with Crippen LogP contribution in [0.4, 0.5) is 0 Å². The van der Waals surface area contributed by atoms with Gasteiger partial charge in [-0.2, -0.15) is 0 Å². The number of nitrogens with one attached hydrogen (secondary N) is 1. The summed E-state index contributed by atoms with van der Waals surface area (Å²) in [6, 6.07) is 4.71. The SMILES string of the molecule is N[C@@H]1C[C@@H]2CC[C@H]1CN(Cc1ccc3c(c1)C(=O)N(C1CCC(=O)NC1=O)C3=O)C2. The number of benzene rings is 1. The summed E-state index contributed by atoms with van der Waals surface area (Å²) in [6.07, 6.45) is 3.78. The van der Waals surface area contributed by atoms with Gasteiger partial charge in [0.15, 0.2) is 0 Å². The van der Waals surface area contributed by atoms with Gasteiger partial charge in [0.05, 0.1) is 11.1 Å². The minimum atomic E-state index is -0.929. The topological polar surface area (TPSA) is 113 Å². The van der Waals surface area contributed by atoms with Crippen LogP contribution in [0.2, 0.25) is 0 Å². The number of nitrogens with two attached hydrogens (primary N) is 1. The molecule has 4 atom stereocenters. The van der Waals surface area contributed by atoms with Gasteiger partial charge in [0, 0.05) is 32.1 Å². The molecule has 4 amide bonds. The second-order valence-electron chi connectivity index (χ2n) is 9.12. The van der Waals surface area contributed by atoms with Gasteiger partial charge in [0.2, 0.25) is 11.8 Å². The molecule has 4 heterocycles. The number of carbonyl (C=O) groups is 4. The fourth-order valence-corrected chi connectivity index (χ4v) is 5.53. The van der Waals surface area contributed by atoms with E-state index in [-0.39, 0.29) is 24.8 Å². The number of hydrogen-bond acceptors (Lipinski definition) is 6. The van der Waals surface area contributed by atoms with E-state index in [0.717, 1.165) is 30.0 Å². The van der Waals surface area contributed by atoms with Crippen LogP contribution in [0.5, 0.6) is 0 Å². The van der Waals surface area contributed by atoms with Crippen LogP contribution in [0.1, 0.15) is 58.4 Å². The molecular formula is C22H26N4O4. The molecule has 4 fully saturated rings. The van der Waals surface area contributed by atoms with Gasteiger partial charge in [-0.1, -0.05) is 6.07 Å². The van der Waals surface area contributed by atoms with Crippen molar-refractivity contribution in [2.45, 2.75) is 50.7 Å². The first-order valence-electron chi connectivity index (χ1n) is 10.7. The minimum Gasteiger partial charge on any atom is -0.327 e. The highest BCUT2D eigenvalue weighted by atomic mass is 16.2. The number of imide groups is 2. The molecule has 2 bridgehead atoms. The summed E-state index contributed by atoms with van der Waals surface area (Å²) in [7, 11) is 0. The molecule has 8 nitrogen and oxygen atoms in total. The van der Waals surface area contributed by atoms with Crippen molar-refractivity contribution in [3.63, 3.8) is 0 Å². The zero-order valence-electron chi connectivity index (χ0n) is 16.8. The number of fused-ring (bicyclic) bond motifs is 5. The molecule has 1 aliphatic carbocycles. The molecule has 1 aromatic carbocycles. The molecule has 8 heteroatoms. The van der Waals surface area contributed by atoms with E-state index in [1.807, 2.05) is 6.07 Å². The normalized spacial score (nSPS) is 31.7. The number of piperidine rings is 1. The zero-order valence-corrected chi connectivity index (χ0v) is 16.8. The third kappa shape index (κ3) is 3.24. The highest BCUT2D eigenvalue weighted by molar-refractivity contribution is 6.23. The van der Waals surface area contributed by atoms with E-state index in [2.05, 4.69) is 10.2 Å². The van der Waals surface area contributed by atoms with E-state index < -0.39 is 23.8 Å². The molecule has 1 unspecified atom stereocenters. The summed E-state index contributed by atoms with van der Waals surface area (Å²) in [5.74, 6) is -0.735. The Balaban J connectivity index is 1.35. The van der Waals surface area contributed by atoms with E-state index >= 15 is 0 Å². The lowest BCUT2D eigenvalue weighted by Gasteiger charge is -2.28. The van der Waals surface area contributed by atoms with Crippen LogP contribution in [0.15, 0.2) is 18.2 Å². The third-order valence-electron chi connectivity index (χ3n) is 7.08. The first-order valence-corrected chi connectivity index (χ1v) is 10.7. The van der Waals surface area contributed by atoms with E-state index in [1.54, 1.807) is 12.1 Å². The number of rotatable bonds is 3. The number of carbonyl (C=O) groups excluding carboxylic acids is 4. The second-order valence-corrected chi connectivity index (χ2v) is 9.12. The van der Waals surface area contributed by atoms with Crippen molar-refractivity contribution in [2.75, 3.05) is 13.1 Å². The lowest BCUT2D eigenvalue weighted by molar-refractivity contribution is -0.136. The molecule has 158 valence electrons. The van der Waals surface area contributed by atoms with E-state index in [0.29, 0.717) is 29.5 Å². The second kappa shape index (κ2) is 7.28. The zero-order chi connectivity index (χ0) is 21.0. The van der Waals surface area contributed by atoms with Gasteiger partial charge in [-0.15, -0.1) is 0 Å². The number of amides is 4. The maximum atomic E-state index is 13.0. The van der Waals surface area contributed by atoms with Crippen LogP contribution in [0.3, 0.4) is 0 Å². The molecule has 5 aliphatic rings. The van der Waals surface area contributed by atoms with Crippen LogP contribution in [-0.4, -0.2) is 58.6 Å². The standard InChI is InChI=1S/C22H26N4O4/c23-17-8-13-1-3-14(17)11-25(10-13)9-12-2-4-15-16(7-12)22(30)26(21(15)29)18-5-6-19(27)24-20(18)28/h2,4,7,13-14,17-18H,1,3,5-6,8-11,23H2,(H,24,27,28)/t13-,14-,17+,18?/m0/s1. The fraction of sp³-hybridized carbons (Fsp3) is 0.545. The molecule has 4 aliphatic heterocycles. The summed E-state index contributed by atoms with van der Waals surface area (Å²) in [6.45, 7) is 2.69. The van der Waals surface area contributed by atoms with Crippen molar-refractivity contribution in [3.05, 3.63) is 34.9 Å². The maximum absolute atomic E-state index is 13.0. The maximum Gasteiger partial charge on any atom is 0.262 e. The quantitative estimate of drug-likeness (QED) is 0.708. The van der Waals surface area contributed by atoms with Gasteiger partial charge in [0.1, 0.15) is 6.04 Å². The van der Waals surface area contributed by atoms with Crippen molar-refractivity contribution in [1.29, 1.82) is 0 Å². The highest BCUT2D eigenvalue weighted by Gasteiger charge is 2.44. The van der Waals surface area contributed by atoms with Crippen LogP contribution in [0.25, 0.3) is 0 Å². The van der Waals surface area contributed by atoms with Gasteiger partial charge < -0.3 is 5.73 Å². The molecular weight excluding hydrogens is 384 g/mol.